The number of amides is 1. The first-order valence-corrected chi connectivity index (χ1v) is 7.15. The van der Waals surface area contributed by atoms with Gasteiger partial charge in [0.25, 0.3) is 5.91 Å². The van der Waals surface area contributed by atoms with Crippen molar-refractivity contribution in [1.29, 1.82) is 0 Å². The smallest absolute Gasteiger partial charge is 0.261 e. The van der Waals surface area contributed by atoms with Gasteiger partial charge in [0.1, 0.15) is 5.75 Å². The third-order valence-electron chi connectivity index (χ3n) is 2.59. The maximum absolute atomic E-state index is 11.7. The lowest BCUT2D eigenvalue weighted by Crippen LogP contribution is -2.36. The number of carbonyl (C=O) groups is 1. The monoisotopic (exact) mass is 338 g/mol. The lowest BCUT2D eigenvalue weighted by atomic mass is 10.1. The van der Waals surface area contributed by atoms with Gasteiger partial charge in [0, 0.05) is 6.04 Å². The largest absolute Gasteiger partial charge is 0.480 e. The summed E-state index contributed by atoms with van der Waals surface area (Å²) in [5, 5.41) is 2.58. The molecule has 3 N–H and O–H groups in total. The quantitative estimate of drug-likeness (QED) is 0.778. The van der Waals surface area contributed by atoms with E-state index in [1.807, 2.05) is 25.1 Å². The summed E-state index contributed by atoms with van der Waals surface area (Å²) in [4.78, 5) is 11.7. The van der Waals surface area contributed by atoms with Gasteiger partial charge in [-0.2, -0.15) is 0 Å². The molecule has 0 aliphatic heterocycles. The van der Waals surface area contributed by atoms with E-state index >= 15 is 0 Å². The van der Waals surface area contributed by atoms with Crippen LogP contribution in [0.25, 0.3) is 0 Å². The molecule has 0 aromatic heterocycles. The topological polar surface area (TPSA) is 64.3 Å². The summed E-state index contributed by atoms with van der Waals surface area (Å²) < 4.78 is 6.40. The van der Waals surface area contributed by atoms with Crippen molar-refractivity contribution in [3.05, 3.63) is 28.2 Å². The molecule has 0 fully saturated rings. The van der Waals surface area contributed by atoms with E-state index in [1.54, 1.807) is 6.92 Å². The van der Waals surface area contributed by atoms with Crippen LogP contribution in [0, 0.1) is 12.3 Å². The maximum Gasteiger partial charge on any atom is 0.261 e. The third kappa shape index (κ3) is 5.24. The number of hydrogen-bond donors (Lipinski definition) is 2. The standard InChI is InChI=1S/C15H19BrN2O2/c1-4-7-18-15(19)11(3)20-14-6-5-12(8-10(2)17)9-13(14)16/h1,5-6,9-11H,7-8,17H2,2-3H3,(H,18,19). The van der Waals surface area contributed by atoms with Gasteiger partial charge in [-0.05, 0) is 53.9 Å². The Morgan fingerprint density at radius 3 is 2.80 bits per heavy atom. The molecule has 0 radical (unpaired) electrons. The zero-order valence-corrected chi connectivity index (χ0v) is 13.2. The molecule has 0 bridgehead atoms. The van der Waals surface area contributed by atoms with Crippen molar-refractivity contribution >= 4 is 21.8 Å². The van der Waals surface area contributed by atoms with E-state index in [0.29, 0.717) is 5.75 Å². The molecular weight excluding hydrogens is 320 g/mol. The van der Waals surface area contributed by atoms with Crippen LogP contribution < -0.4 is 15.8 Å². The Hall–Kier alpha value is -1.51. The average Bonchev–Trinajstić information content (AvgIpc) is 2.38. The van der Waals surface area contributed by atoms with Crippen LogP contribution in [-0.2, 0) is 11.2 Å². The van der Waals surface area contributed by atoms with Gasteiger partial charge in [-0.15, -0.1) is 6.42 Å². The van der Waals surface area contributed by atoms with Crippen molar-refractivity contribution in [3.63, 3.8) is 0 Å². The fourth-order valence-corrected chi connectivity index (χ4v) is 2.18. The Balaban J connectivity index is 2.68. The van der Waals surface area contributed by atoms with Crippen molar-refractivity contribution < 1.29 is 9.53 Å². The molecule has 0 aliphatic rings. The van der Waals surface area contributed by atoms with Crippen LogP contribution >= 0.6 is 15.9 Å². The van der Waals surface area contributed by atoms with Gasteiger partial charge in [0.2, 0.25) is 0 Å². The van der Waals surface area contributed by atoms with Crippen LogP contribution in [0.2, 0.25) is 0 Å². The van der Waals surface area contributed by atoms with E-state index in [4.69, 9.17) is 16.9 Å². The van der Waals surface area contributed by atoms with Crippen LogP contribution in [0.3, 0.4) is 0 Å². The van der Waals surface area contributed by atoms with Crippen LogP contribution in [0.5, 0.6) is 5.75 Å². The number of terminal acetylenes is 1. The fraction of sp³-hybridized carbons (Fsp3) is 0.400. The van der Waals surface area contributed by atoms with Crippen molar-refractivity contribution in [2.45, 2.75) is 32.4 Å². The number of ether oxygens (including phenoxy) is 1. The predicted molar refractivity (Wildman–Crippen MR) is 83.4 cm³/mol. The van der Waals surface area contributed by atoms with Gasteiger partial charge in [-0.3, -0.25) is 4.79 Å². The number of benzene rings is 1. The van der Waals surface area contributed by atoms with Gasteiger partial charge in [0.05, 0.1) is 11.0 Å². The minimum absolute atomic E-state index is 0.0992. The molecule has 2 atom stereocenters. The molecule has 1 aromatic rings. The molecule has 20 heavy (non-hydrogen) atoms. The van der Waals surface area contributed by atoms with Gasteiger partial charge in [-0.1, -0.05) is 12.0 Å². The molecule has 0 aliphatic carbocycles. The summed E-state index contributed by atoms with van der Waals surface area (Å²) in [6.07, 6.45) is 5.26. The van der Waals surface area contributed by atoms with Crippen LogP contribution in [0.4, 0.5) is 0 Å². The Morgan fingerprint density at radius 1 is 1.55 bits per heavy atom. The lowest BCUT2D eigenvalue weighted by Gasteiger charge is -2.16. The fourth-order valence-electron chi connectivity index (χ4n) is 1.66. The van der Waals surface area contributed by atoms with Crippen molar-refractivity contribution in [1.82, 2.24) is 5.32 Å². The van der Waals surface area contributed by atoms with E-state index < -0.39 is 6.10 Å². The number of nitrogens with one attached hydrogen (secondary N) is 1. The minimum atomic E-state index is -0.612. The zero-order chi connectivity index (χ0) is 15.1. The van der Waals surface area contributed by atoms with Gasteiger partial charge < -0.3 is 15.8 Å². The predicted octanol–water partition coefficient (Wildman–Crippen LogP) is 1.86. The molecule has 1 amide bonds. The molecule has 5 heteroatoms. The molecule has 0 saturated heterocycles. The van der Waals surface area contributed by atoms with Crippen LogP contribution in [0.15, 0.2) is 22.7 Å². The molecule has 0 saturated carbocycles. The Morgan fingerprint density at radius 2 is 2.25 bits per heavy atom. The first-order valence-electron chi connectivity index (χ1n) is 6.36. The van der Waals surface area contributed by atoms with E-state index in [9.17, 15) is 4.79 Å². The number of carbonyl (C=O) groups excluding carboxylic acids is 1. The molecule has 2 unspecified atom stereocenters. The number of hydrogen-bond acceptors (Lipinski definition) is 3. The second-order valence-corrected chi connectivity index (χ2v) is 5.48. The molecule has 4 nitrogen and oxygen atoms in total. The van der Waals surface area contributed by atoms with Crippen LogP contribution in [-0.4, -0.2) is 24.6 Å². The molecule has 108 valence electrons. The van der Waals surface area contributed by atoms with Crippen LogP contribution in [0.1, 0.15) is 19.4 Å². The second-order valence-electron chi connectivity index (χ2n) is 4.63. The highest BCUT2D eigenvalue weighted by atomic mass is 79.9. The van der Waals surface area contributed by atoms with E-state index in [2.05, 4.69) is 27.2 Å². The molecule has 1 aromatic carbocycles. The molecule has 1 rings (SSSR count). The van der Waals surface area contributed by atoms with E-state index in [-0.39, 0.29) is 18.5 Å². The summed E-state index contributed by atoms with van der Waals surface area (Å²) in [6, 6.07) is 5.81. The highest BCUT2D eigenvalue weighted by molar-refractivity contribution is 9.10. The first kappa shape index (κ1) is 16.5. The maximum atomic E-state index is 11.7. The number of halogens is 1. The van der Waals surface area contributed by atoms with Gasteiger partial charge in [0.15, 0.2) is 6.10 Å². The van der Waals surface area contributed by atoms with Crippen molar-refractivity contribution in [3.8, 4) is 18.1 Å². The normalized spacial score (nSPS) is 13.2. The summed E-state index contributed by atoms with van der Waals surface area (Å²) in [7, 11) is 0. The summed E-state index contributed by atoms with van der Waals surface area (Å²) in [5.41, 5.74) is 6.88. The Labute approximate surface area is 128 Å². The van der Waals surface area contributed by atoms with Crippen molar-refractivity contribution in [2.24, 2.45) is 5.73 Å². The lowest BCUT2D eigenvalue weighted by molar-refractivity contribution is -0.127. The highest BCUT2D eigenvalue weighted by Gasteiger charge is 2.15. The van der Waals surface area contributed by atoms with Gasteiger partial charge in [-0.25, -0.2) is 0 Å². The first-order chi connectivity index (χ1) is 9.43. The number of rotatable bonds is 6. The SMILES string of the molecule is C#CCNC(=O)C(C)Oc1ccc(CC(C)N)cc1Br. The summed E-state index contributed by atoms with van der Waals surface area (Å²) in [5.74, 6) is 2.72. The average molecular weight is 339 g/mol. The zero-order valence-electron chi connectivity index (χ0n) is 11.7. The second kappa shape index (κ2) is 7.93. The summed E-state index contributed by atoms with van der Waals surface area (Å²) >= 11 is 3.44. The Bertz CT molecular complexity index is 509. The van der Waals surface area contributed by atoms with E-state index in [0.717, 1.165) is 16.5 Å². The highest BCUT2D eigenvalue weighted by Crippen LogP contribution is 2.27. The number of nitrogens with two attached hydrogens (primary N) is 1. The third-order valence-corrected chi connectivity index (χ3v) is 3.21. The van der Waals surface area contributed by atoms with Crippen molar-refractivity contribution in [2.75, 3.05) is 6.54 Å². The summed E-state index contributed by atoms with van der Waals surface area (Å²) in [6.45, 7) is 3.82. The van der Waals surface area contributed by atoms with E-state index in [1.165, 1.54) is 0 Å². The molecule has 0 spiro atoms. The molecular formula is C15H19BrN2O2. The molecule has 0 heterocycles. The van der Waals surface area contributed by atoms with Gasteiger partial charge >= 0.3 is 0 Å². The minimum Gasteiger partial charge on any atom is -0.480 e. The Kier molecular flexibility index (Phi) is 6.56.